The van der Waals surface area contributed by atoms with E-state index in [4.69, 9.17) is 10.9 Å². The number of sulfonamides is 1. The Kier molecular flexibility index (Phi) is 5.33. The predicted octanol–water partition coefficient (Wildman–Crippen LogP) is 1.78. The Morgan fingerprint density at radius 2 is 1.89 bits per heavy atom. The summed E-state index contributed by atoms with van der Waals surface area (Å²) in [4.78, 5) is 13.6. The number of benzene rings is 2. The molecule has 5 N–H and O–H groups in total. The second kappa shape index (κ2) is 7.53. The molecule has 0 aromatic heterocycles. The minimum atomic E-state index is -3.97. The molecule has 1 aliphatic rings. The van der Waals surface area contributed by atoms with Crippen molar-refractivity contribution in [1.29, 1.82) is 0 Å². The Bertz CT molecular complexity index is 973. The summed E-state index contributed by atoms with van der Waals surface area (Å²) < 4.78 is 37.4. The summed E-state index contributed by atoms with van der Waals surface area (Å²) in [7, 11) is -3.97. The molecule has 1 aliphatic heterocycles. The summed E-state index contributed by atoms with van der Waals surface area (Å²) in [5, 5.41) is 8.09. The van der Waals surface area contributed by atoms with Crippen LogP contribution in [-0.4, -0.2) is 27.4 Å². The number of nitrogens with zero attached hydrogens (tertiary/aromatic N) is 1. The van der Waals surface area contributed by atoms with Crippen molar-refractivity contribution in [2.45, 2.75) is 24.3 Å². The van der Waals surface area contributed by atoms with E-state index in [1.165, 1.54) is 18.2 Å². The number of rotatable bonds is 6. The van der Waals surface area contributed by atoms with Crippen LogP contribution in [0.5, 0.6) is 0 Å². The lowest BCUT2D eigenvalue weighted by Crippen LogP contribution is -2.21. The molecule has 1 saturated heterocycles. The lowest BCUT2D eigenvalue weighted by atomic mass is 10.1. The molecular formula is C18H21FN4O3S. The molecule has 1 amide bonds. The Labute approximate surface area is 157 Å². The van der Waals surface area contributed by atoms with E-state index in [1.807, 2.05) is 6.07 Å². The third kappa shape index (κ3) is 4.20. The maximum absolute atomic E-state index is 14.4. The number of hydrogen-bond donors (Lipinski definition) is 3. The van der Waals surface area contributed by atoms with Crippen LogP contribution in [0.2, 0.25) is 0 Å². The topological polar surface area (TPSA) is 119 Å². The zero-order chi connectivity index (χ0) is 19.6. The van der Waals surface area contributed by atoms with Crippen LogP contribution in [-0.2, 0) is 16.6 Å². The largest absolute Gasteiger partial charge is 0.380 e. The normalized spacial score (nSPS) is 14.4. The zero-order valence-corrected chi connectivity index (χ0v) is 15.4. The van der Waals surface area contributed by atoms with E-state index >= 15 is 0 Å². The molecule has 9 heteroatoms. The SMILES string of the molecule is NC(=O)c1cc(S(N)(=O)=O)ccc1NCc1c(F)cccc1N1CCCC1. The first-order valence-corrected chi connectivity index (χ1v) is 10.0. The van der Waals surface area contributed by atoms with Gasteiger partial charge in [-0.15, -0.1) is 0 Å². The third-order valence-electron chi connectivity index (χ3n) is 4.58. The van der Waals surface area contributed by atoms with Crippen LogP contribution >= 0.6 is 0 Å². The van der Waals surface area contributed by atoms with Gasteiger partial charge in [0, 0.05) is 36.6 Å². The molecule has 0 saturated carbocycles. The van der Waals surface area contributed by atoms with Crippen molar-refractivity contribution >= 4 is 27.3 Å². The lowest BCUT2D eigenvalue weighted by molar-refractivity contribution is 0.100. The predicted molar refractivity (Wildman–Crippen MR) is 102 cm³/mol. The average Bonchev–Trinajstić information content (AvgIpc) is 3.14. The molecule has 3 rings (SSSR count). The fourth-order valence-corrected chi connectivity index (χ4v) is 3.76. The number of halogens is 1. The molecular weight excluding hydrogens is 371 g/mol. The smallest absolute Gasteiger partial charge is 0.250 e. The van der Waals surface area contributed by atoms with Crippen molar-refractivity contribution in [3.63, 3.8) is 0 Å². The van der Waals surface area contributed by atoms with E-state index < -0.39 is 15.9 Å². The van der Waals surface area contributed by atoms with Gasteiger partial charge >= 0.3 is 0 Å². The van der Waals surface area contributed by atoms with Gasteiger partial charge in [0.15, 0.2) is 0 Å². The number of amides is 1. The van der Waals surface area contributed by atoms with Crippen molar-refractivity contribution in [3.8, 4) is 0 Å². The van der Waals surface area contributed by atoms with Crippen LogP contribution < -0.4 is 21.1 Å². The maximum Gasteiger partial charge on any atom is 0.250 e. The van der Waals surface area contributed by atoms with Crippen molar-refractivity contribution in [2.24, 2.45) is 10.9 Å². The van der Waals surface area contributed by atoms with Gasteiger partial charge in [-0.2, -0.15) is 0 Å². The number of nitrogens with two attached hydrogens (primary N) is 2. The molecule has 1 fully saturated rings. The number of carbonyl (C=O) groups excluding carboxylic acids is 1. The minimum Gasteiger partial charge on any atom is -0.380 e. The van der Waals surface area contributed by atoms with E-state index in [-0.39, 0.29) is 22.8 Å². The molecule has 144 valence electrons. The highest BCUT2D eigenvalue weighted by Gasteiger charge is 2.19. The van der Waals surface area contributed by atoms with Gasteiger partial charge in [-0.1, -0.05) is 6.07 Å². The van der Waals surface area contributed by atoms with Crippen molar-refractivity contribution in [3.05, 3.63) is 53.3 Å². The van der Waals surface area contributed by atoms with Gasteiger partial charge in [0.05, 0.1) is 10.5 Å². The van der Waals surface area contributed by atoms with Crippen LogP contribution in [0.3, 0.4) is 0 Å². The quantitative estimate of drug-likeness (QED) is 0.692. The van der Waals surface area contributed by atoms with Crippen LogP contribution in [0, 0.1) is 5.82 Å². The van der Waals surface area contributed by atoms with Gasteiger partial charge < -0.3 is 16.0 Å². The number of primary amides is 1. The molecule has 0 atom stereocenters. The monoisotopic (exact) mass is 392 g/mol. The van der Waals surface area contributed by atoms with Crippen molar-refractivity contribution in [2.75, 3.05) is 23.3 Å². The fourth-order valence-electron chi connectivity index (χ4n) is 3.22. The van der Waals surface area contributed by atoms with Gasteiger partial charge in [0.2, 0.25) is 10.0 Å². The third-order valence-corrected chi connectivity index (χ3v) is 5.49. The molecule has 0 unspecified atom stereocenters. The number of anilines is 2. The molecule has 0 radical (unpaired) electrons. The summed E-state index contributed by atoms with van der Waals surface area (Å²) in [6, 6.07) is 8.70. The first-order chi connectivity index (χ1) is 12.8. The second-order valence-corrected chi connectivity index (χ2v) is 7.96. The Balaban J connectivity index is 1.90. The maximum atomic E-state index is 14.4. The highest BCUT2D eigenvalue weighted by atomic mass is 32.2. The Morgan fingerprint density at radius 3 is 2.52 bits per heavy atom. The van der Waals surface area contributed by atoms with E-state index in [2.05, 4.69) is 10.2 Å². The molecule has 27 heavy (non-hydrogen) atoms. The molecule has 0 spiro atoms. The van der Waals surface area contributed by atoms with Gasteiger partial charge in [-0.25, -0.2) is 17.9 Å². The van der Waals surface area contributed by atoms with Crippen molar-refractivity contribution in [1.82, 2.24) is 0 Å². The number of hydrogen-bond acceptors (Lipinski definition) is 5. The van der Waals surface area contributed by atoms with Crippen LogP contribution in [0.25, 0.3) is 0 Å². The van der Waals surface area contributed by atoms with Gasteiger partial charge in [0.25, 0.3) is 5.91 Å². The summed E-state index contributed by atoms with van der Waals surface area (Å²) in [5.41, 5.74) is 6.93. The van der Waals surface area contributed by atoms with Crippen LogP contribution in [0.1, 0.15) is 28.8 Å². The van der Waals surface area contributed by atoms with E-state index in [0.29, 0.717) is 11.3 Å². The van der Waals surface area contributed by atoms with Crippen molar-refractivity contribution < 1.29 is 17.6 Å². The molecule has 2 aromatic carbocycles. The molecule has 2 aromatic rings. The van der Waals surface area contributed by atoms with Gasteiger partial charge in [0.1, 0.15) is 5.82 Å². The standard InChI is InChI=1S/C18H21FN4O3S/c19-15-4-3-5-17(23-8-1-2-9-23)14(15)11-22-16-7-6-12(27(21,25)26)10-13(16)18(20)24/h3-7,10,22H,1-2,8-9,11H2,(H2,20,24)(H2,21,25,26). The molecule has 0 bridgehead atoms. The highest BCUT2D eigenvalue weighted by Crippen LogP contribution is 2.28. The summed E-state index contributed by atoms with van der Waals surface area (Å²) in [6.07, 6.45) is 2.12. The number of nitrogens with one attached hydrogen (secondary N) is 1. The van der Waals surface area contributed by atoms with E-state index in [9.17, 15) is 17.6 Å². The van der Waals surface area contributed by atoms with Gasteiger partial charge in [-0.05, 0) is 43.2 Å². The highest BCUT2D eigenvalue weighted by molar-refractivity contribution is 7.89. The van der Waals surface area contributed by atoms with Gasteiger partial charge in [-0.3, -0.25) is 4.79 Å². The van der Waals surface area contributed by atoms with E-state index in [1.54, 1.807) is 6.07 Å². The molecule has 1 heterocycles. The fraction of sp³-hybridized carbons (Fsp3) is 0.278. The van der Waals surface area contributed by atoms with E-state index in [0.717, 1.165) is 37.7 Å². The summed E-state index contributed by atoms with van der Waals surface area (Å²) >= 11 is 0. The first kappa shape index (κ1) is 19.1. The summed E-state index contributed by atoms with van der Waals surface area (Å²) in [6.45, 7) is 1.85. The zero-order valence-electron chi connectivity index (χ0n) is 14.6. The average molecular weight is 392 g/mol. The lowest BCUT2D eigenvalue weighted by Gasteiger charge is -2.22. The number of carbonyl (C=O) groups is 1. The summed E-state index contributed by atoms with van der Waals surface area (Å²) in [5.74, 6) is -1.16. The van der Waals surface area contributed by atoms with Crippen LogP contribution in [0.15, 0.2) is 41.3 Å². The number of primary sulfonamides is 1. The minimum absolute atomic E-state index is 0.0272. The first-order valence-electron chi connectivity index (χ1n) is 8.50. The molecule has 0 aliphatic carbocycles. The Morgan fingerprint density at radius 1 is 1.19 bits per heavy atom. The molecule has 7 nitrogen and oxygen atoms in total. The second-order valence-electron chi connectivity index (χ2n) is 6.40. The van der Waals surface area contributed by atoms with Crippen LogP contribution in [0.4, 0.5) is 15.8 Å². The Hall–Kier alpha value is -2.65.